The van der Waals surface area contributed by atoms with E-state index in [2.05, 4.69) is 36.2 Å². The average molecular weight is 232 g/mol. The summed E-state index contributed by atoms with van der Waals surface area (Å²) in [6.45, 7) is 6.42. The van der Waals surface area contributed by atoms with E-state index < -0.39 is 0 Å². The molecule has 1 aliphatic heterocycles. The maximum Gasteiger partial charge on any atom is 0.166 e. The molecule has 0 radical (unpaired) electrons. The van der Waals surface area contributed by atoms with Crippen LogP contribution in [0.15, 0.2) is 0 Å². The standard InChI is InChI=1S/C10H20N2S2/c1-3-6-11-9(13)12-8-10(2)5-4-7-14-10/h3-8H2,1-2H3,(H2,11,12,13). The van der Waals surface area contributed by atoms with E-state index in [1.165, 1.54) is 18.6 Å². The van der Waals surface area contributed by atoms with E-state index >= 15 is 0 Å². The highest BCUT2D eigenvalue weighted by Crippen LogP contribution is 2.36. The number of hydrogen-bond donors (Lipinski definition) is 2. The van der Waals surface area contributed by atoms with Crippen molar-refractivity contribution in [3.63, 3.8) is 0 Å². The van der Waals surface area contributed by atoms with Crippen molar-refractivity contribution in [2.45, 2.75) is 37.9 Å². The molecule has 2 N–H and O–H groups in total. The Bertz CT molecular complexity index is 189. The van der Waals surface area contributed by atoms with Gasteiger partial charge in [-0.15, -0.1) is 0 Å². The van der Waals surface area contributed by atoms with Gasteiger partial charge in [0.2, 0.25) is 0 Å². The normalized spacial score (nSPS) is 26.1. The number of thiocarbonyl (C=S) groups is 1. The summed E-state index contributed by atoms with van der Waals surface area (Å²) in [6, 6.07) is 0. The first-order valence-corrected chi connectivity index (χ1v) is 6.71. The molecule has 2 nitrogen and oxygen atoms in total. The summed E-state index contributed by atoms with van der Waals surface area (Å²) in [7, 11) is 0. The molecule has 1 rings (SSSR count). The van der Waals surface area contributed by atoms with Crippen LogP contribution in [0.2, 0.25) is 0 Å². The third-order valence-electron chi connectivity index (χ3n) is 2.46. The molecule has 4 heteroatoms. The Morgan fingerprint density at radius 1 is 1.50 bits per heavy atom. The van der Waals surface area contributed by atoms with E-state index in [0.717, 1.165) is 24.6 Å². The first-order chi connectivity index (χ1) is 6.66. The minimum atomic E-state index is 0.401. The average Bonchev–Trinajstić information content (AvgIpc) is 2.60. The van der Waals surface area contributed by atoms with Crippen LogP contribution in [-0.2, 0) is 0 Å². The SMILES string of the molecule is CCCNC(=S)NCC1(C)CCCS1. The van der Waals surface area contributed by atoms with E-state index in [1.54, 1.807) is 0 Å². The van der Waals surface area contributed by atoms with Gasteiger partial charge in [-0.25, -0.2) is 0 Å². The fourth-order valence-corrected chi connectivity index (χ4v) is 2.96. The van der Waals surface area contributed by atoms with Crippen LogP contribution in [0.3, 0.4) is 0 Å². The van der Waals surface area contributed by atoms with Gasteiger partial charge in [0.05, 0.1) is 0 Å². The zero-order chi connectivity index (χ0) is 10.4. The molecule has 1 saturated heterocycles. The van der Waals surface area contributed by atoms with Gasteiger partial charge in [-0.05, 0) is 44.2 Å². The molecule has 0 aliphatic carbocycles. The van der Waals surface area contributed by atoms with Gasteiger partial charge in [0.15, 0.2) is 5.11 Å². The summed E-state index contributed by atoms with van der Waals surface area (Å²) in [6.07, 6.45) is 3.77. The minimum Gasteiger partial charge on any atom is -0.363 e. The van der Waals surface area contributed by atoms with Crippen molar-refractivity contribution in [1.29, 1.82) is 0 Å². The van der Waals surface area contributed by atoms with E-state index in [-0.39, 0.29) is 0 Å². The highest BCUT2D eigenvalue weighted by Gasteiger charge is 2.29. The van der Waals surface area contributed by atoms with E-state index in [0.29, 0.717) is 4.75 Å². The second kappa shape index (κ2) is 5.81. The topological polar surface area (TPSA) is 24.1 Å². The van der Waals surface area contributed by atoms with Crippen molar-refractivity contribution < 1.29 is 0 Å². The monoisotopic (exact) mass is 232 g/mol. The molecule has 0 aromatic heterocycles. The van der Waals surface area contributed by atoms with Gasteiger partial charge in [-0.2, -0.15) is 11.8 Å². The molecule has 0 bridgehead atoms. The Hall–Kier alpha value is 0.0400. The number of nitrogens with one attached hydrogen (secondary N) is 2. The molecule has 1 unspecified atom stereocenters. The molecule has 1 atom stereocenters. The van der Waals surface area contributed by atoms with Crippen molar-refractivity contribution in [2.24, 2.45) is 0 Å². The van der Waals surface area contributed by atoms with Gasteiger partial charge < -0.3 is 10.6 Å². The van der Waals surface area contributed by atoms with Crippen LogP contribution in [0.5, 0.6) is 0 Å². The minimum absolute atomic E-state index is 0.401. The highest BCUT2D eigenvalue weighted by atomic mass is 32.2. The smallest absolute Gasteiger partial charge is 0.166 e. The van der Waals surface area contributed by atoms with Gasteiger partial charge in [-0.1, -0.05) is 6.92 Å². The molecule has 0 aromatic carbocycles. The predicted molar refractivity (Wildman–Crippen MR) is 69.0 cm³/mol. The first-order valence-electron chi connectivity index (χ1n) is 5.32. The fourth-order valence-electron chi connectivity index (χ4n) is 1.54. The van der Waals surface area contributed by atoms with Gasteiger partial charge >= 0.3 is 0 Å². The second-order valence-electron chi connectivity index (χ2n) is 4.01. The molecular formula is C10H20N2S2. The molecule has 0 amide bonds. The quantitative estimate of drug-likeness (QED) is 0.725. The van der Waals surface area contributed by atoms with Crippen molar-refractivity contribution in [2.75, 3.05) is 18.8 Å². The van der Waals surface area contributed by atoms with Crippen molar-refractivity contribution >= 4 is 29.1 Å². The zero-order valence-corrected chi connectivity index (χ0v) is 10.7. The summed E-state index contributed by atoms with van der Waals surface area (Å²) in [5, 5.41) is 7.29. The van der Waals surface area contributed by atoms with Crippen molar-refractivity contribution in [1.82, 2.24) is 10.6 Å². The van der Waals surface area contributed by atoms with E-state index in [9.17, 15) is 0 Å². The van der Waals surface area contributed by atoms with Gasteiger partial charge in [0, 0.05) is 17.8 Å². The molecule has 0 aromatic rings. The van der Waals surface area contributed by atoms with Crippen LogP contribution in [0.4, 0.5) is 0 Å². The summed E-state index contributed by atoms with van der Waals surface area (Å²) >= 11 is 7.23. The Kier molecular flexibility index (Phi) is 5.02. The fraction of sp³-hybridized carbons (Fsp3) is 0.900. The van der Waals surface area contributed by atoms with E-state index in [1.807, 2.05) is 0 Å². The van der Waals surface area contributed by atoms with Crippen LogP contribution in [0, 0.1) is 0 Å². The van der Waals surface area contributed by atoms with Crippen molar-refractivity contribution in [3.8, 4) is 0 Å². The largest absolute Gasteiger partial charge is 0.363 e. The molecule has 1 aliphatic rings. The summed E-state index contributed by atoms with van der Waals surface area (Å²) in [4.78, 5) is 0. The van der Waals surface area contributed by atoms with Crippen LogP contribution >= 0.6 is 24.0 Å². The Morgan fingerprint density at radius 3 is 2.86 bits per heavy atom. The maximum atomic E-state index is 5.17. The van der Waals surface area contributed by atoms with Crippen LogP contribution in [-0.4, -0.2) is 28.7 Å². The Morgan fingerprint density at radius 2 is 2.29 bits per heavy atom. The molecular weight excluding hydrogens is 212 g/mol. The summed E-state index contributed by atoms with van der Waals surface area (Å²) < 4.78 is 0.401. The number of hydrogen-bond acceptors (Lipinski definition) is 2. The molecule has 1 fully saturated rings. The lowest BCUT2D eigenvalue weighted by atomic mass is 10.1. The predicted octanol–water partition coefficient (Wildman–Crippen LogP) is 2.15. The Labute approximate surface area is 96.6 Å². The van der Waals surface area contributed by atoms with E-state index in [4.69, 9.17) is 12.2 Å². The second-order valence-corrected chi connectivity index (χ2v) is 6.10. The first kappa shape index (κ1) is 12.1. The lowest BCUT2D eigenvalue weighted by Crippen LogP contribution is -2.42. The van der Waals surface area contributed by atoms with Crippen LogP contribution < -0.4 is 10.6 Å². The maximum absolute atomic E-state index is 5.17. The van der Waals surface area contributed by atoms with Crippen LogP contribution in [0.1, 0.15) is 33.1 Å². The summed E-state index contributed by atoms with van der Waals surface area (Å²) in [5.41, 5.74) is 0. The summed E-state index contributed by atoms with van der Waals surface area (Å²) in [5.74, 6) is 1.30. The molecule has 0 spiro atoms. The van der Waals surface area contributed by atoms with Crippen molar-refractivity contribution in [3.05, 3.63) is 0 Å². The Balaban J connectivity index is 2.15. The number of rotatable bonds is 4. The van der Waals surface area contributed by atoms with Crippen LogP contribution in [0.25, 0.3) is 0 Å². The number of thioether (sulfide) groups is 1. The lowest BCUT2D eigenvalue weighted by Gasteiger charge is -2.23. The highest BCUT2D eigenvalue weighted by molar-refractivity contribution is 8.00. The third kappa shape index (κ3) is 4.05. The molecule has 0 saturated carbocycles. The molecule has 1 heterocycles. The van der Waals surface area contributed by atoms with Gasteiger partial charge in [-0.3, -0.25) is 0 Å². The lowest BCUT2D eigenvalue weighted by molar-refractivity contribution is 0.587. The van der Waals surface area contributed by atoms with Gasteiger partial charge in [0.25, 0.3) is 0 Å². The van der Waals surface area contributed by atoms with Gasteiger partial charge in [0.1, 0.15) is 0 Å². The zero-order valence-electron chi connectivity index (χ0n) is 9.06. The molecule has 82 valence electrons. The molecule has 14 heavy (non-hydrogen) atoms. The third-order valence-corrected chi connectivity index (χ3v) is 4.29.